The van der Waals surface area contributed by atoms with Crippen molar-refractivity contribution in [3.63, 3.8) is 0 Å². The number of aliphatic hydroxyl groups excluding tert-OH is 1. The van der Waals surface area contributed by atoms with Crippen molar-refractivity contribution in [3.05, 3.63) is 81.5 Å². The van der Waals surface area contributed by atoms with Gasteiger partial charge in [-0.1, -0.05) is 29.3 Å². The Morgan fingerprint density at radius 3 is 2.75 bits per heavy atom. The van der Waals surface area contributed by atoms with Crippen LogP contribution in [-0.2, 0) is 6.54 Å². The molecule has 1 fully saturated rings. The van der Waals surface area contributed by atoms with Crippen LogP contribution in [-0.4, -0.2) is 49.4 Å². The molecule has 0 radical (unpaired) electrons. The Morgan fingerprint density at radius 1 is 1.25 bits per heavy atom. The van der Waals surface area contributed by atoms with Crippen LogP contribution in [0.2, 0.25) is 10.0 Å². The molecule has 2 unspecified atom stereocenters. The zero-order valence-electron chi connectivity index (χ0n) is 19.5. The summed E-state index contributed by atoms with van der Waals surface area (Å²) in [4.78, 5) is 10.6. The molecular weight excluding hydrogens is 504 g/mol. The summed E-state index contributed by atoms with van der Waals surface area (Å²) in [6.07, 6.45) is 6.12. The number of benzene rings is 1. The number of H-pyrrole nitrogens is 1. The molecule has 186 valence electrons. The number of hydrogen-bond donors (Lipinski definition) is 2. The van der Waals surface area contributed by atoms with Gasteiger partial charge in [-0.2, -0.15) is 5.10 Å². The zero-order chi connectivity index (χ0) is 25.2. The Kier molecular flexibility index (Phi) is 7.20. The Balaban J connectivity index is 1.34. The molecule has 0 amide bonds. The molecule has 7 nitrogen and oxygen atoms in total. The summed E-state index contributed by atoms with van der Waals surface area (Å²) in [5, 5.41) is 18.1. The number of likely N-dealkylation sites (tertiary alicyclic amines) is 1. The topological polar surface area (TPSA) is 87.2 Å². The number of aromatic amines is 1. The van der Waals surface area contributed by atoms with Gasteiger partial charge in [0.1, 0.15) is 17.5 Å². The van der Waals surface area contributed by atoms with Crippen LogP contribution >= 0.6 is 23.2 Å². The van der Waals surface area contributed by atoms with Gasteiger partial charge in [-0.25, -0.2) is 4.39 Å². The molecule has 4 aromatic rings. The van der Waals surface area contributed by atoms with E-state index in [4.69, 9.17) is 27.9 Å². The van der Waals surface area contributed by atoms with Crippen LogP contribution in [0.4, 0.5) is 4.39 Å². The van der Waals surface area contributed by atoms with Gasteiger partial charge in [-0.15, -0.1) is 0 Å². The number of rotatable bonds is 7. The fourth-order valence-electron chi connectivity index (χ4n) is 4.34. The highest BCUT2D eigenvalue weighted by molar-refractivity contribution is 6.35. The van der Waals surface area contributed by atoms with E-state index in [1.807, 2.05) is 19.1 Å². The summed E-state index contributed by atoms with van der Waals surface area (Å²) in [5.41, 5.74) is 2.98. The second-order valence-corrected chi connectivity index (χ2v) is 9.62. The molecule has 3 aromatic heterocycles. The van der Waals surface area contributed by atoms with Gasteiger partial charge in [0.05, 0.1) is 27.4 Å². The van der Waals surface area contributed by atoms with Crippen LogP contribution in [0.5, 0.6) is 5.75 Å². The molecule has 0 spiro atoms. The van der Waals surface area contributed by atoms with Crippen molar-refractivity contribution in [2.45, 2.75) is 32.1 Å². The Morgan fingerprint density at radius 2 is 2.06 bits per heavy atom. The van der Waals surface area contributed by atoms with E-state index in [0.717, 1.165) is 18.7 Å². The van der Waals surface area contributed by atoms with Crippen molar-refractivity contribution in [2.24, 2.45) is 0 Å². The summed E-state index contributed by atoms with van der Waals surface area (Å²) in [7, 11) is 0. The van der Waals surface area contributed by atoms with Gasteiger partial charge in [-0.05, 0) is 49.2 Å². The first kappa shape index (κ1) is 24.6. The number of β-amino-alcohol motifs (C(OH)–C–C–N with tert-alkyl or cyclic N) is 1. The number of halogens is 3. The van der Waals surface area contributed by atoms with Crippen LogP contribution in [0, 0.1) is 0 Å². The molecule has 1 aliphatic rings. The van der Waals surface area contributed by atoms with E-state index in [-0.39, 0.29) is 11.8 Å². The van der Waals surface area contributed by atoms with Crippen molar-refractivity contribution in [2.75, 3.05) is 13.1 Å². The predicted molar refractivity (Wildman–Crippen MR) is 139 cm³/mol. The molecule has 2 N–H and O–H groups in total. The maximum Gasteiger partial charge on any atom is 0.151 e. The minimum Gasteiger partial charge on any atom is -0.486 e. The minimum absolute atomic E-state index is 0.179. The molecule has 1 aliphatic heterocycles. The largest absolute Gasteiger partial charge is 0.486 e. The average molecular weight is 528 g/mol. The van der Waals surface area contributed by atoms with E-state index in [1.165, 1.54) is 18.5 Å². The molecule has 4 heterocycles. The molecule has 1 aromatic carbocycles. The predicted octanol–water partition coefficient (Wildman–Crippen LogP) is 5.83. The van der Waals surface area contributed by atoms with Gasteiger partial charge in [-0.3, -0.25) is 20.0 Å². The van der Waals surface area contributed by atoms with Crippen LogP contribution in [0.1, 0.15) is 42.0 Å². The first-order valence-electron chi connectivity index (χ1n) is 11.5. The van der Waals surface area contributed by atoms with E-state index >= 15 is 4.39 Å². The highest BCUT2D eigenvalue weighted by atomic mass is 35.5. The maximum absolute atomic E-state index is 15.3. The van der Waals surface area contributed by atoms with Crippen molar-refractivity contribution in [3.8, 4) is 5.75 Å². The zero-order valence-corrected chi connectivity index (χ0v) is 21.0. The van der Waals surface area contributed by atoms with Crippen molar-refractivity contribution >= 4 is 46.0 Å². The highest BCUT2D eigenvalue weighted by Crippen LogP contribution is 2.34. The molecule has 0 aliphatic carbocycles. The van der Waals surface area contributed by atoms with Crippen molar-refractivity contribution in [1.82, 2.24) is 25.1 Å². The van der Waals surface area contributed by atoms with Gasteiger partial charge < -0.3 is 9.84 Å². The Hall–Kier alpha value is -3.04. The third-order valence-electron chi connectivity index (χ3n) is 6.14. The average Bonchev–Trinajstić information content (AvgIpc) is 3.45. The summed E-state index contributed by atoms with van der Waals surface area (Å²) < 4.78 is 21.3. The SMILES string of the molecule is CC(Oc1ccc2[nH]nc(/C(F)=C/c3ccc(CN4CCC(O)C4)nc3)c2c1)c1c(Cl)cncc1Cl. The van der Waals surface area contributed by atoms with Gasteiger partial charge in [0.25, 0.3) is 0 Å². The summed E-state index contributed by atoms with van der Waals surface area (Å²) >= 11 is 12.5. The number of ether oxygens (including phenoxy) is 1. The molecule has 0 saturated carbocycles. The number of pyridine rings is 2. The quantitative estimate of drug-likeness (QED) is 0.314. The number of nitrogens with one attached hydrogen (secondary N) is 1. The summed E-state index contributed by atoms with van der Waals surface area (Å²) in [6, 6.07) is 8.97. The van der Waals surface area contributed by atoms with Crippen molar-refractivity contribution in [1.29, 1.82) is 0 Å². The number of aliphatic hydroxyl groups is 1. The van der Waals surface area contributed by atoms with Crippen molar-refractivity contribution < 1.29 is 14.2 Å². The van der Waals surface area contributed by atoms with Crippen LogP contribution in [0.3, 0.4) is 0 Å². The number of hydrogen-bond acceptors (Lipinski definition) is 6. The fourth-order valence-corrected chi connectivity index (χ4v) is 5.01. The lowest BCUT2D eigenvalue weighted by atomic mass is 10.1. The highest BCUT2D eigenvalue weighted by Gasteiger charge is 2.20. The molecule has 1 saturated heterocycles. The lowest BCUT2D eigenvalue weighted by molar-refractivity contribution is 0.174. The van der Waals surface area contributed by atoms with Crippen LogP contribution < -0.4 is 4.74 Å². The van der Waals surface area contributed by atoms with Crippen LogP contribution in [0.15, 0.2) is 48.9 Å². The number of fused-ring (bicyclic) bond motifs is 1. The molecule has 36 heavy (non-hydrogen) atoms. The monoisotopic (exact) mass is 527 g/mol. The fraction of sp³-hybridized carbons (Fsp3) is 0.269. The first-order valence-corrected chi connectivity index (χ1v) is 12.3. The third-order valence-corrected chi connectivity index (χ3v) is 6.75. The maximum atomic E-state index is 15.3. The first-order chi connectivity index (χ1) is 17.4. The minimum atomic E-state index is -0.496. The van der Waals surface area contributed by atoms with E-state index < -0.39 is 11.9 Å². The number of aromatic nitrogens is 4. The van der Waals surface area contributed by atoms with E-state index in [1.54, 1.807) is 24.4 Å². The van der Waals surface area contributed by atoms with E-state index in [0.29, 0.717) is 50.9 Å². The van der Waals surface area contributed by atoms with Gasteiger partial charge in [0.15, 0.2) is 5.83 Å². The van der Waals surface area contributed by atoms with Crippen LogP contribution in [0.25, 0.3) is 22.8 Å². The third kappa shape index (κ3) is 5.37. The standard InChI is InChI=1S/C26H24Cl2FN5O2/c1-15(25-21(27)11-30-12-22(25)28)36-19-4-5-24-20(9-19)26(33-32-24)23(29)8-16-2-3-17(31-10-16)13-34-7-6-18(35)14-34/h2-5,8-12,15,18,35H,6-7,13-14H2,1H3,(H,32,33)/b23-8-. The normalized spacial score (nSPS) is 17.6. The summed E-state index contributed by atoms with van der Waals surface area (Å²) in [6.45, 7) is 3.98. The van der Waals surface area contributed by atoms with E-state index in [2.05, 4.69) is 25.1 Å². The molecule has 0 bridgehead atoms. The Bertz CT molecular complexity index is 1390. The molecule has 5 rings (SSSR count). The Labute approximate surface area is 217 Å². The van der Waals surface area contributed by atoms with Gasteiger partial charge >= 0.3 is 0 Å². The lowest BCUT2D eigenvalue weighted by Crippen LogP contribution is -2.21. The second-order valence-electron chi connectivity index (χ2n) is 8.81. The number of nitrogens with zero attached hydrogens (tertiary/aromatic N) is 4. The molecule has 10 heteroatoms. The summed E-state index contributed by atoms with van der Waals surface area (Å²) in [5.74, 6) is 0.0244. The second kappa shape index (κ2) is 10.5. The smallest absolute Gasteiger partial charge is 0.151 e. The van der Waals surface area contributed by atoms with Gasteiger partial charge in [0.2, 0.25) is 0 Å². The molecule has 2 atom stereocenters. The van der Waals surface area contributed by atoms with Gasteiger partial charge in [0, 0.05) is 49.2 Å². The van der Waals surface area contributed by atoms with E-state index in [9.17, 15) is 5.11 Å². The lowest BCUT2D eigenvalue weighted by Gasteiger charge is -2.17. The molecular formula is C26H24Cl2FN5O2.